The summed E-state index contributed by atoms with van der Waals surface area (Å²) in [6.45, 7) is 2.66. The number of rotatable bonds is 6. The first kappa shape index (κ1) is 18.7. The Labute approximate surface area is 165 Å². The minimum absolute atomic E-state index is 0.0155. The van der Waals surface area contributed by atoms with Gasteiger partial charge in [-0.3, -0.25) is 9.36 Å². The summed E-state index contributed by atoms with van der Waals surface area (Å²) in [4.78, 5) is 16.7. The maximum absolute atomic E-state index is 12.1. The molecule has 1 fully saturated rings. The first-order valence-corrected chi connectivity index (χ1v) is 10.8. The number of anilines is 1. The molecule has 0 saturated heterocycles. The lowest BCUT2D eigenvalue weighted by molar-refractivity contribution is 0.356. The fraction of sp³-hybridized carbons (Fsp3) is 0.400. The van der Waals surface area contributed by atoms with Crippen molar-refractivity contribution >= 4 is 27.7 Å². The molecule has 0 aliphatic heterocycles. The Kier molecular flexibility index (Phi) is 4.74. The predicted molar refractivity (Wildman–Crippen MR) is 112 cm³/mol. The summed E-state index contributed by atoms with van der Waals surface area (Å²) in [7, 11) is 2.12. The molecule has 0 amide bonds. The molecule has 148 valence electrons. The van der Waals surface area contributed by atoms with Gasteiger partial charge < -0.3 is 14.0 Å². The van der Waals surface area contributed by atoms with E-state index in [9.17, 15) is 9.00 Å². The highest BCUT2D eigenvalue weighted by atomic mass is 32.2. The molecule has 1 atom stereocenters. The van der Waals surface area contributed by atoms with E-state index in [1.807, 2.05) is 25.3 Å². The standard InChI is InChI=1S/C20H24N4O3S/c1-12-7-15(11-23(2)19(12)25)14-8-16(22-28(4)26)18-17(9-14)24(10-13-5-6-13)20(21-18)27-3/h7-9,11,13,22H,5-6,10H2,1-4H3. The first-order valence-electron chi connectivity index (χ1n) is 9.23. The van der Waals surface area contributed by atoms with Crippen molar-refractivity contribution in [1.29, 1.82) is 0 Å². The molecule has 1 N–H and O–H groups in total. The van der Waals surface area contributed by atoms with Gasteiger partial charge in [0.05, 0.1) is 18.3 Å². The Balaban J connectivity index is 1.96. The molecule has 1 aliphatic rings. The van der Waals surface area contributed by atoms with Crippen LogP contribution >= 0.6 is 0 Å². The number of fused-ring (bicyclic) bond motifs is 1. The average Bonchev–Trinajstić information content (AvgIpc) is 3.39. The van der Waals surface area contributed by atoms with E-state index in [4.69, 9.17) is 4.74 Å². The van der Waals surface area contributed by atoms with E-state index in [1.165, 1.54) is 12.8 Å². The molecule has 28 heavy (non-hydrogen) atoms. The lowest BCUT2D eigenvalue weighted by Crippen LogP contribution is -2.18. The Morgan fingerprint density at radius 2 is 2.04 bits per heavy atom. The molecule has 0 radical (unpaired) electrons. The minimum Gasteiger partial charge on any atom is -0.468 e. The molecule has 0 bridgehead atoms. The number of ether oxygens (including phenoxy) is 1. The zero-order chi connectivity index (χ0) is 20.0. The van der Waals surface area contributed by atoms with Crippen LogP contribution in [-0.4, -0.2) is 31.7 Å². The van der Waals surface area contributed by atoms with Gasteiger partial charge >= 0.3 is 0 Å². The van der Waals surface area contributed by atoms with Crippen LogP contribution < -0.4 is 15.0 Å². The number of pyridine rings is 1. The van der Waals surface area contributed by atoms with Crippen molar-refractivity contribution in [3.05, 3.63) is 40.3 Å². The Morgan fingerprint density at radius 3 is 2.64 bits per heavy atom. The van der Waals surface area contributed by atoms with E-state index in [-0.39, 0.29) is 5.56 Å². The summed E-state index contributed by atoms with van der Waals surface area (Å²) in [6, 6.07) is 6.43. The van der Waals surface area contributed by atoms with E-state index in [0.29, 0.717) is 23.2 Å². The number of nitrogens with zero attached hydrogens (tertiary/aromatic N) is 3. The molecule has 3 aromatic rings. The van der Waals surface area contributed by atoms with E-state index >= 15 is 0 Å². The summed E-state index contributed by atoms with van der Waals surface area (Å²) >= 11 is 0. The number of imidazole rings is 1. The van der Waals surface area contributed by atoms with Crippen LogP contribution in [0, 0.1) is 12.8 Å². The molecule has 1 aromatic carbocycles. The van der Waals surface area contributed by atoms with Gasteiger partial charge in [-0.15, -0.1) is 0 Å². The van der Waals surface area contributed by atoms with E-state index in [0.717, 1.165) is 28.7 Å². The Morgan fingerprint density at radius 1 is 1.29 bits per heavy atom. The highest BCUT2D eigenvalue weighted by Crippen LogP contribution is 2.37. The van der Waals surface area contributed by atoms with Gasteiger partial charge in [-0.1, -0.05) is 0 Å². The number of nitrogens with one attached hydrogen (secondary N) is 1. The smallest absolute Gasteiger partial charge is 0.297 e. The summed E-state index contributed by atoms with van der Waals surface area (Å²) in [5, 5.41) is 0. The average molecular weight is 401 g/mol. The van der Waals surface area contributed by atoms with Crippen molar-refractivity contribution < 1.29 is 8.95 Å². The van der Waals surface area contributed by atoms with Gasteiger partial charge in [0.15, 0.2) is 0 Å². The third-order valence-corrected chi connectivity index (χ3v) is 5.60. The van der Waals surface area contributed by atoms with Crippen molar-refractivity contribution in [2.24, 2.45) is 13.0 Å². The molecule has 2 heterocycles. The summed E-state index contributed by atoms with van der Waals surface area (Å²) in [6.07, 6.45) is 5.84. The number of aromatic nitrogens is 3. The second-order valence-corrected chi connectivity index (χ2v) is 8.54. The van der Waals surface area contributed by atoms with Gasteiger partial charge in [-0.05, 0) is 55.0 Å². The Hall–Kier alpha value is -2.61. The zero-order valence-corrected chi connectivity index (χ0v) is 17.3. The molecule has 1 saturated carbocycles. The number of hydrogen-bond acceptors (Lipinski definition) is 4. The van der Waals surface area contributed by atoms with E-state index < -0.39 is 11.0 Å². The van der Waals surface area contributed by atoms with Gasteiger partial charge in [0, 0.05) is 31.6 Å². The Bertz CT molecular complexity index is 1120. The molecule has 8 heteroatoms. The van der Waals surface area contributed by atoms with Crippen molar-refractivity contribution in [2.45, 2.75) is 26.3 Å². The number of hydrogen-bond donors (Lipinski definition) is 1. The maximum atomic E-state index is 12.1. The van der Waals surface area contributed by atoms with Crippen LogP contribution in [0.25, 0.3) is 22.2 Å². The lowest BCUT2D eigenvalue weighted by atomic mass is 10.0. The fourth-order valence-electron chi connectivity index (χ4n) is 3.53. The highest BCUT2D eigenvalue weighted by Gasteiger charge is 2.26. The number of benzene rings is 1. The van der Waals surface area contributed by atoms with Crippen LogP contribution in [0.15, 0.2) is 29.2 Å². The fourth-order valence-corrected chi connectivity index (χ4v) is 3.99. The molecule has 4 rings (SSSR count). The van der Waals surface area contributed by atoms with E-state index in [2.05, 4.69) is 20.3 Å². The van der Waals surface area contributed by atoms with Crippen molar-refractivity contribution in [3.8, 4) is 17.1 Å². The van der Waals surface area contributed by atoms with Gasteiger partial charge in [-0.25, -0.2) is 4.21 Å². The molecular weight excluding hydrogens is 376 g/mol. The quantitative estimate of drug-likeness (QED) is 0.690. The maximum Gasteiger partial charge on any atom is 0.297 e. The van der Waals surface area contributed by atoms with Crippen LogP contribution in [0.2, 0.25) is 0 Å². The van der Waals surface area contributed by atoms with Crippen LogP contribution in [-0.2, 0) is 24.6 Å². The third-order valence-electron chi connectivity index (χ3n) is 5.09. The van der Waals surface area contributed by atoms with Crippen LogP contribution in [0.3, 0.4) is 0 Å². The van der Waals surface area contributed by atoms with Crippen LogP contribution in [0.5, 0.6) is 6.01 Å². The van der Waals surface area contributed by atoms with E-state index in [1.54, 1.807) is 25.0 Å². The van der Waals surface area contributed by atoms with Crippen LogP contribution in [0.1, 0.15) is 18.4 Å². The second kappa shape index (κ2) is 7.09. The van der Waals surface area contributed by atoms with Gasteiger partial charge in [0.1, 0.15) is 16.5 Å². The molecule has 1 aliphatic carbocycles. The predicted octanol–water partition coefficient (Wildman–Crippen LogP) is 2.83. The van der Waals surface area contributed by atoms with Gasteiger partial charge in [0.25, 0.3) is 11.6 Å². The van der Waals surface area contributed by atoms with Gasteiger partial charge in [0.2, 0.25) is 0 Å². The summed E-state index contributed by atoms with van der Waals surface area (Å²) in [5.74, 6) is 0.645. The molecule has 2 aromatic heterocycles. The molecule has 1 unspecified atom stereocenters. The molecule has 7 nitrogen and oxygen atoms in total. The minimum atomic E-state index is -1.24. The zero-order valence-electron chi connectivity index (χ0n) is 16.5. The monoisotopic (exact) mass is 400 g/mol. The third kappa shape index (κ3) is 3.44. The van der Waals surface area contributed by atoms with Crippen molar-refractivity contribution in [3.63, 3.8) is 0 Å². The highest BCUT2D eigenvalue weighted by molar-refractivity contribution is 7.85. The topological polar surface area (TPSA) is 78.2 Å². The lowest BCUT2D eigenvalue weighted by Gasteiger charge is -2.12. The second-order valence-electron chi connectivity index (χ2n) is 7.43. The summed E-state index contributed by atoms with van der Waals surface area (Å²) < 4.78 is 24.1. The normalized spacial score (nSPS) is 15.0. The number of methoxy groups -OCH3 is 1. The van der Waals surface area contributed by atoms with Gasteiger partial charge in [-0.2, -0.15) is 4.98 Å². The molecule has 0 spiro atoms. The summed E-state index contributed by atoms with van der Waals surface area (Å²) in [5.41, 5.74) is 4.87. The van der Waals surface area contributed by atoms with Crippen molar-refractivity contribution in [2.75, 3.05) is 18.1 Å². The molecular formula is C20H24N4O3S. The first-order chi connectivity index (χ1) is 13.4. The van der Waals surface area contributed by atoms with Crippen molar-refractivity contribution in [1.82, 2.24) is 14.1 Å². The van der Waals surface area contributed by atoms with Crippen LogP contribution in [0.4, 0.5) is 5.69 Å². The largest absolute Gasteiger partial charge is 0.468 e. The SMILES string of the molecule is COc1nc2c(NS(C)=O)cc(-c3cc(C)c(=O)n(C)c3)cc2n1CC1CC1. The number of aryl methyl sites for hydroxylation is 2.